The number of hydrogen-bond donors (Lipinski definition) is 1. The molecule has 6 nitrogen and oxygen atoms in total. The Morgan fingerprint density at radius 3 is 2.56 bits per heavy atom. The van der Waals surface area contributed by atoms with E-state index in [1.54, 1.807) is 0 Å². The van der Waals surface area contributed by atoms with Gasteiger partial charge in [0.2, 0.25) is 6.54 Å². The van der Waals surface area contributed by atoms with E-state index in [2.05, 4.69) is 4.74 Å². The highest BCUT2D eigenvalue weighted by Crippen LogP contribution is 2.08. The molecule has 1 atom stereocenters. The van der Waals surface area contributed by atoms with Gasteiger partial charge in [-0.2, -0.15) is 0 Å². The van der Waals surface area contributed by atoms with Crippen molar-refractivity contribution in [2.45, 2.75) is 44.6 Å². The number of carbonyl (C=O) groups excluding carboxylic acids is 1. The maximum absolute atomic E-state index is 10.7. The number of hydrogen-bond acceptors (Lipinski definition) is 5. The number of unbranched alkanes of at least 4 members (excludes halogenated alkanes) is 3. The van der Waals surface area contributed by atoms with E-state index in [0.717, 1.165) is 25.7 Å². The molecule has 1 N–H and O–H groups in total. The minimum Gasteiger partial charge on any atom is -0.469 e. The first-order valence-electron chi connectivity index (χ1n) is 5.43. The molecule has 0 heterocycles. The van der Waals surface area contributed by atoms with E-state index >= 15 is 0 Å². The number of nitrogens with zero attached hydrogens (tertiary/aromatic N) is 1. The molecule has 0 radical (unpaired) electrons. The van der Waals surface area contributed by atoms with Gasteiger partial charge in [0.1, 0.15) is 6.10 Å². The number of methoxy groups -OCH3 is 1. The molecule has 0 aromatic rings. The maximum atomic E-state index is 10.7. The summed E-state index contributed by atoms with van der Waals surface area (Å²) in [6.45, 7) is -0.387. The highest BCUT2D eigenvalue weighted by atomic mass is 16.6. The minimum atomic E-state index is -0.851. The van der Waals surface area contributed by atoms with Crippen LogP contribution in [-0.2, 0) is 9.53 Å². The zero-order valence-electron chi connectivity index (χ0n) is 9.55. The first kappa shape index (κ1) is 14.8. The lowest BCUT2D eigenvalue weighted by Crippen LogP contribution is -2.19. The van der Waals surface area contributed by atoms with Crippen LogP contribution in [-0.4, -0.2) is 35.8 Å². The van der Waals surface area contributed by atoms with Crippen molar-refractivity contribution in [3.05, 3.63) is 10.1 Å². The Morgan fingerprint density at radius 1 is 1.38 bits per heavy atom. The molecule has 0 saturated carbocycles. The topological polar surface area (TPSA) is 89.7 Å². The maximum Gasteiger partial charge on any atom is 0.305 e. The van der Waals surface area contributed by atoms with Crippen LogP contribution in [0.15, 0.2) is 0 Å². The van der Waals surface area contributed by atoms with Gasteiger partial charge in [0, 0.05) is 11.3 Å². The molecule has 0 rings (SSSR count). The third-order valence-electron chi connectivity index (χ3n) is 2.26. The Bertz CT molecular complexity index is 219. The Morgan fingerprint density at radius 2 is 2.00 bits per heavy atom. The third-order valence-corrected chi connectivity index (χ3v) is 2.26. The van der Waals surface area contributed by atoms with E-state index < -0.39 is 11.0 Å². The van der Waals surface area contributed by atoms with Gasteiger partial charge in [0.05, 0.1) is 7.11 Å². The molecule has 0 bridgehead atoms. The second kappa shape index (κ2) is 9.08. The SMILES string of the molecule is COC(=O)CCCCCCC(O)C[N+](=O)[O-]. The summed E-state index contributed by atoms with van der Waals surface area (Å²) in [5.41, 5.74) is 0. The number of aliphatic hydroxyl groups excluding tert-OH is 1. The van der Waals surface area contributed by atoms with Gasteiger partial charge in [-0.3, -0.25) is 14.9 Å². The Hall–Kier alpha value is -1.17. The van der Waals surface area contributed by atoms with Crippen molar-refractivity contribution >= 4 is 5.97 Å². The van der Waals surface area contributed by atoms with Crippen LogP contribution < -0.4 is 0 Å². The second-order valence-electron chi connectivity index (χ2n) is 3.70. The molecule has 0 aromatic heterocycles. The number of ether oxygens (including phenoxy) is 1. The van der Waals surface area contributed by atoms with Crippen molar-refractivity contribution in [3.63, 3.8) is 0 Å². The summed E-state index contributed by atoms with van der Waals surface area (Å²) in [6.07, 6.45) is 3.25. The number of esters is 1. The third kappa shape index (κ3) is 9.39. The lowest BCUT2D eigenvalue weighted by Gasteiger charge is -2.05. The van der Waals surface area contributed by atoms with Crippen molar-refractivity contribution in [1.82, 2.24) is 0 Å². The predicted molar refractivity (Wildman–Crippen MR) is 57.6 cm³/mol. The number of nitro groups is 1. The largest absolute Gasteiger partial charge is 0.469 e. The van der Waals surface area contributed by atoms with Crippen LogP contribution in [0, 0.1) is 10.1 Å². The fourth-order valence-corrected chi connectivity index (χ4v) is 1.37. The standard InChI is InChI=1S/C10H19NO5/c1-16-10(13)7-5-3-2-4-6-9(12)8-11(14)15/h9,12H,2-8H2,1H3. The van der Waals surface area contributed by atoms with Crippen molar-refractivity contribution in [2.75, 3.05) is 13.7 Å². The normalized spacial score (nSPS) is 12.1. The zero-order chi connectivity index (χ0) is 12.4. The quantitative estimate of drug-likeness (QED) is 0.279. The van der Waals surface area contributed by atoms with Crippen LogP contribution in [0.2, 0.25) is 0 Å². The van der Waals surface area contributed by atoms with Crippen molar-refractivity contribution < 1.29 is 19.6 Å². The summed E-state index contributed by atoms with van der Waals surface area (Å²) in [5, 5.41) is 19.2. The van der Waals surface area contributed by atoms with Gasteiger partial charge in [-0.25, -0.2) is 0 Å². The van der Waals surface area contributed by atoms with Crippen LogP contribution in [0.25, 0.3) is 0 Å². The summed E-state index contributed by atoms with van der Waals surface area (Å²) in [4.78, 5) is 20.3. The zero-order valence-corrected chi connectivity index (χ0v) is 9.55. The smallest absolute Gasteiger partial charge is 0.305 e. The summed E-state index contributed by atoms with van der Waals surface area (Å²) >= 11 is 0. The summed E-state index contributed by atoms with van der Waals surface area (Å²) in [5.74, 6) is -0.214. The number of rotatable bonds is 9. The van der Waals surface area contributed by atoms with Gasteiger partial charge >= 0.3 is 5.97 Å². The van der Waals surface area contributed by atoms with Crippen molar-refractivity contribution in [1.29, 1.82) is 0 Å². The fourth-order valence-electron chi connectivity index (χ4n) is 1.37. The molecule has 1 unspecified atom stereocenters. The molecule has 0 aliphatic heterocycles. The summed E-state index contributed by atoms with van der Waals surface area (Å²) < 4.78 is 4.48. The first-order valence-corrected chi connectivity index (χ1v) is 5.43. The molecule has 0 amide bonds. The van der Waals surface area contributed by atoms with Crippen LogP contribution in [0.5, 0.6) is 0 Å². The number of carbonyl (C=O) groups is 1. The Kier molecular flexibility index (Phi) is 8.42. The number of aliphatic hydroxyl groups is 1. The Balaban J connectivity index is 3.26. The highest BCUT2D eigenvalue weighted by molar-refractivity contribution is 5.68. The molecule has 94 valence electrons. The molecule has 0 fully saturated rings. The average Bonchev–Trinajstić information content (AvgIpc) is 2.21. The van der Waals surface area contributed by atoms with Gasteiger partial charge in [-0.05, 0) is 12.8 Å². The lowest BCUT2D eigenvalue weighted by atomic mass is 10.1. The van der Waals surface area contributed by atoms with Gasteiger partial charge in [-0.15, -0.1) is 0 Å². The average molecular weight is 233 g/mol. The lowest BCUT2D eigenvalue weighted by molar-refractivity contribution is -0.490. The van der Waals surface area contributed by atoms with Gasteiger partial charge in [0.25, 0.3) is 0 Å². The van der Waals surface area contributed by atoms with Crippen LogP contribution in [0.4, 0.5) is 0 Å². The van der Waals surface area contributed by atoms with Crippen LogP contribution in [0.3, 0.4) is 0 Å². The van der Waals surface area contributed by atoms with Crippen LogP contribution in [0.1, 0.15) is 38.5 Å². The van der Waals surface area contributed by atoms with Gasteiger partial charge in [0.15, 0.2) is 0 Å². The van der Waals surface area contributed by atoms with E-state index in [1.807, 2.05) is 0 Å². The molecule has 16 heavy (non-hydrogen) atoms. The van der Waals surface area contributed by atoms with Crippen molar-refractivity contribution in [2.24, 2.45) is 0 Å². The van der Waals surface area contributed by atoms with Crippen LogP contribution >= 0.6 is 0 Å². The predicted octanol–water partition coefficient (Wildman–Crippen LogP) is 1.14. The van der Waals surface area contributed by atoms with E-state index in [0.29, 0.717) is 12.8 Å². The molecule has 6 heteroatoms. The fraction of sp³-hybridized carbons (Fsp3) is 0.900. The van der Waals surface area contributed by atoms with E-state index in [9.17, 15) is 20.0 Å². The molecule has 0 aliphatic carbocycles. The van der Waals surface area contributed by atoms with E-state index in [4.69, 9.17) is 0 Å². The molecular formula is C10H19NO5. The Labute approximate surface area is 94.7 Å². The molecule has 0 aliphatic rings. The minimum absolute atomic E-state index is 0.214. The highest BCUT2D eigenvalue weighted by Gasteiger charge is 2.10. The van der Waals surface area contributed by atoms with E-state index in [1.165, 1.54) is 7.11 Å². The first-order chi connectivity index (χ1) is 7.56. The van der Waals surface area contributed by atoms with E-state index in [-0.39, 0.29) is 12.5 Å². The summed E-state index contributed by atoms with van der Waals surface area (Å²) in [6, 6.07) is 0. The molecule has 0 aromatic carbocycles. The van der Waals surface area contributed by atoms with Gasteiger partial charge < -0.3 is 9.84 Å². The molecular weight excluding hydrogens is 214 g/mol. The molecule has 0 saturated heterocycles. The second-order valence-corrected chi connectivity index (χ2v) is 3.70. The van der Waals surface area contributed by atoms with Gasteiger partial charge in [-0.1, -0.05) is 19.3 Å². The van der Waals surface area contributed by atoms with Crippen molar-refractivity contribution in [3.8, 4) is 0 Å². The monoisotopic (exact) mass is 233 g/mol. The summed E-state index contributed by atoms with van der Waals surface area (Å²) in [7, 11) is 1.36. The molecule has 0 spiro atoms.